The summed E-state index contributed by atoms with van der Waals surface area (Å²) < 4.78 is 7.78. The first-order valence-electron chi connectivity index (χ1n) is 13.3. The zero-order chi connectivity index (χ0) is 26.5. The minimum Gasteiger partial charge on any atom is -0.413 e. The molecule has 3 aromatic rings. The van der Waals surface area contributed by atoms with Gasteiger partial charge in [0.2, 0.25) is 0 Å². The number of hydrogen-bond donors (Lipinski definition) is 0. The molecule has 0 fully saturated rings. The molecule has 0 amide bonds. The summed E-state index contributed by atoms with van der Waals surface area (Å²) in [6, 6.07) is 20.4. The molecule has 0 aliphatic heterocycles. The van der Waals surface area contributed by atoms with Crippen molar-refractivity contribution in [2.75, 3.05) is 6.61 Å². The first-order valence-corrected chi connectivity index (χ1v) is 17.0. The van der Waals surface area contributed by atoms with Gasteiger partial charge in [-0.15, -0.1) is 0 Å². The molecule has 0 unspecified atom stereocenters. The van der Waals surface area contributed by atoms with Crippen molar-refractivity contribution in [2.24, 2.45) is 0 Å². The van der Waals surface area contributed by atoms with Crippen LogP contribution in [0.3, 0.4) is 0 Å². The average molecular weight is 564 g/mol. The molecule has 0 spiro atoms. The Bertz CT molecular complexity index is 1310. The van der Waals surface area contributed by atoms with Crippen LogP contribution in [0.4, 0.5) is 0 Å². The van der Waals surface area contributed by atoms with Crippen LogP contribution in [0.25, 0.3) is 22.4 Å². The Labute approximate surface area is 228 Å². The number of rotatable bonds is 5. The van der Waals surface area contributed by atoms with E-state index in [0.29, 0.717) is 6.61 Å². The molecule has 192 valence electrons. The summed E-state index contributed by atoms with van der Waals surface area (Å²) in [5, 5.41) is 2.84. The quantitative estimate of drug-likeness (QED) is 0.222. The Hall–Kier alpha value is -1.68. The molecule has 0 saturated carbocycles. The van der Waals surface area contributed by atoms with Crippen molar-refractivity contribution in [2.45, 2.75) is 90.3 Å². The van der Waals surface area contributed by atoms with Gasteiger partial charge in [0, 0.05) is 4.47 Å². The Kier molecular flexibility index (Phi) is 7.27. The van der Waals surface area contributed by atoms with Crippen LogP contribution in [0.1, 0.15) is 83.6 Å². The maximum Gasteiger partial charge on any atom is 0.192 e. The molecule has 0 atom stereocenters. The van der Waals surface area contributed by atoms with Crippen LogP contribution in [0.2, 0.25) is 18.1 Å². The van der Waals surface area contributed by atoms with E-state index in [2.05, 4.69) is 138 Å². The molecule has 0 N–H and O–H groups in total. The normalized spacial score (nSPS) is 17.8. The van der Waals surface area contributed by atoms with E-state index in [0.717, 1.165) is 4.47 Å². The summed E-state index contributed by atoms with van der Waals surface area (Å²) in [5.41, 5.74) is 7.13. The Morgan fingerprint density at radius 1 is 0.889 bits per heavy atom. The van der Waals surface area contributed by atoms with Crippen LogP contribution in [0, 0.1) is 0 Å². The molecular formula is C33H43BrOSi. The summed E-state index contributed by atoms with van der Waals surface area (Å²) in [4.78, 5) is 0. The van der Waals surface area contributed by atoms with Crippen molar-refractivity contribution in [3.05, 3.63) is 81.3 Å². The van der Waals surface area contributed by atoms with E-state index in [1.54, 1.807) is 0 Å². The fourth-order valence-electron chi connectivity index (χ4n) is 4.99. The lowest BCUT2D eigenvalue weighted by Crippen LogP contribution is -2.41. The Morgan fingerprint density at radius 3 is 2.08 bits per heavy atom. The third-order valence-electron chi connectivity index (χ3n) is 8.76. The lowest BCUT2D eigenvalue weighted by Gasteiger charge is -2.42. The largest absolute Gasteiger partial charge is 0.413 e. The first kappa shape index (κ1) is 27.4. The van der Waals surface area contributed by atoms with Gasteiger partial charge >= 0.3 is 0 Å². The molecule has 0 saturated heterocycles. The van der Waals surface area contributed by atoms with E-state index in [-0.39, 0.29) is 15.9 Å². The van der Waals surface area contributed by atoms with Gasteiger partial charge in [0.25, 0.3) is 0 Å². The van der Waals surface area contributed by atoms with Crippen LogP contribution in [0.15, 0.2) is 59.1 Å². The van der Waals surface area contributed by atoms with Gasteiger partial charge in [-0.25, -0.2) is 0 Å². The molecule has 0 aromatic heterocycles. The van der Waals surface area contributed by atoms with Crippen molar-refractivity contribution in [1.82, 2.24) is 0 Å². The third kappa shape index (κ3) is 5.59. The zero-order valence-corrected chi connectivity index (χ0v) is 26.3. The molecule has 0 heterocycles. The predicted molar refractivity (Wildman–Crippen MR) is 164 cm³/mol. The topological polar surface area (TPSA) is 9.23 Å². The standard InChI is InChI=1S/C33H43BrOSi/c1-31(2,3)36(8,9)35-22-27(24-11-10-12-28(34)19-24)18-23-13-14-25-20-29-30(21-26(25)17-23)33(6,7)16-15-32(29,4)5/h10-14,17-21H,15-16,22H2,1-9H3/b27-18+. The highest BCUT2D eigenvalue weighted by atomic mass is 79.9. The molecule has 0 bridgehead atoms. The molecule has 1 nitrogen and oxygen atoms in total. The first-order chi connectivity index (χ1) is 16.6. The maximum absolute atomic E-state index is 6.69. The average Bonchev–Trinajstić information content (AvgIpc) is 2.78. The fraction of sp³-hybridized carbons (Fsp3) is 0.455. The van der Waals surface area contributed by atoms with Crippen LogP contribution >= 0.6 is 15.9 Å². The lowest BCUT2D eigenvalue weighted by atomic mass is 9.63. The third-order valence-corrected chi connectivity index (χ3v) is 13.7. The minimum absolute atomic E-state index is 0.179. The van der Waals surface area contributed by atoms with Crippen molar-refractivity contribution < 1.29 is 4.43 Å². The molecule has 1 aliphatic rings. The van der Waals surface area contributed by atoms with Crippen molar-refractivity contribution in [3.8, 4) is 0 Å². The van der Waals surface area contributed by atoms with E-state index in [1.807, 2.05) is 0 Å². The van der Waals surface area contributed by atoms with Gasteiger partial charge < -0.3 is 4.43 Å². The van der Waals surface area contributed by atoms with Gasteiger partial charge in [0.05, 0.1) is 6.61 Å². The number of fused-ring (bicyclic) bond motifs is 2. The molecule has 3 aromatic carbocycles. The highest BCUT2D eigenvalue weighted by Gasteiger charge is 2.38. The van der Waals surface area contributed by atoms with E-state index in [4.69, 9.17) is 4.43 Å². The predicted octanol–water partition coefficient (Wildman–Crippen LogP) is 10.5. The van der Waals surface area contributed by atoms with Gasteiger partial charge in [-0.3, -0.25) is 0 Å². The van der Waals surface area contributed by atoms with Crippen LogP contribution in [0.5, 0.6) is 0 Å². The zero-order valence-electron chi connectivity index (χ0n) is 23.7. The summed E-state index contributed by atoms with van der Waals surface area (Å²) in [5.74, 6) is 0. The second-order valence-corrected chi connectivity index (χ2v) is 19.2. The summed E-state index contributed by atoms with van der Waals surface area (Å²) in [7, 11) is -1.87. The SMILES string of the molecule is CC1(C)CCC(C)(C)c2cc3cc(/C=C(\CO[Si](C)(C)C(C)(C)C)c4cccc(Br)c4)ccc3cc21. The molecule has 1 aliphatic carbocycles. The van der Waals surface area contributed by atoms with Crippen molar-refractivity contribution >= 4 is 46.7 Å². The fourth-order valence-corrected chi connectivity index (χ4v) is 6.34. The number of benzene rings is 3. The molecule has 4 rings (SSSR count). The Morgan fingerprint density at radius 2 is 1.50 bits per heavy atom. The van der Waals surface area contributed by atoms with E-state index >= 15 is 0 Å². The number of hydrogen-bond acceptors (Lipinski definition) is 1. The van der Waals surface area contributed by atoms with Crippen LogP contribution in [-0.2, 0) is 15.3 Å². The highest BCUT2D eigenvalue weighted by Crippen LogP contribution is 2.47. The molecule has 0 radical (unpaired) electrons. The van der Waals surface area contributed by atoms with Crippen molar-refractivity contribution in [3.63, 3.8) is 0 Å². The maximum atomic E-state index is 6.69. The van der Waals surface area contributed by atoms with Crippen molar-refractivity contribution in [1.29, 1.82) is 0 Å². The van der Waals surface area contributed by atoms with Crippen LogP contribution < -0.4 is 0 Å². The lowest BCUT2D eigenvalue weighted by molar-refractivity contribution is 0.332. The summed E-state index contributed by atoms with van der Waals surface area (Å²) in [6.07, 6.45) is 4.79. The van der Waals surface area contributed by atoms with Gasteiger partial charge in [0.1, 0.15) is 0 Å². The Balaban J connectivity index is 1.78. The highest BCUT2D eigenvalue weighted by molar-refractivity contribution is 9.10. The minimum atomic E-state index is -1.87. The summed E-state index contributed by atoms with van der Waals surface area (Å²) in [6.45, 7) is 21.8. The van der Waals surface area contributed by atoms with Gasteiger partial charge in [-0.2, -0.15) is 0 Å². The molecular weight excluding hydrogens is 520 g/mol. The number of halogens is 1. The van der Waals surface area contributed by atoms with E-state index < -0.39 is 8.32 Å². The van der Waals surface area contributed by atoms with Gasteiger partial charge in [0.15, 0.2) is 8.32 Å². The van der Waals surface area contributed by atoms with Gasteiger partial charge in [-0.1, -0.05) is 101 Å². The smallest absolute Gasteiger partial charge is 0.192 e. The second kappa shape index (κ2) is 9.56. The second-order valence-electron chi connectivity index (χ2n) is 13.5. The monoisotopic (exact) mass is 562 g/mol. The van der Waals surface area contributed by atoms with E-state index in [1.165, 1.54) is 51.4 Å². The molecule has 3 heteroatoms. The summed E-state index contributed by atoms with van der Waals surface area (Å²) >= 11 is 3.67. The van der Waals surface area contributed by atoms with E-state index in [9.17, 15) is 0 Å². The molecule has 36 heavy (non-hydrogen) atoms. The van der Waals surface area contributed by atoms with Crippen LogP contribution in [-0.4, -0.2) is 14.9 Å². The van der Waals surface area contributed by atoms with Gasteiger partial charge in [-0.05, 0) is 105 Å².